The van der Waals surface area contributed by atoms with Crippen molar-refractivity contribution in [2.75, 3.05) is 0 Å². The Labute approximate surface area is 110 Å². The Kier molecular flexibility index (Phi) is 5.57. The zero-order valence-electron chi connectivity index (χ0n) is 11.1. The van der Waals surface area contributed by atoms with Gasteiger partial charge in [-0.2, -0.15) is 0 Å². The molecule has 0 saturated heterocycles. The average molecular weight is 246 g/mol. The first-order chi connectivity index (χ1) is 8.04. The fourth-order valence-corrected chi connectivity index (χ4v) is 2.62. The summed E-state index contributed by atoms with van der Waals surface area (Å²) in [6.07, 6.45) is 11.8. The lowest BCUT2D eigenvalue weighted by atomic mass is 10.0. The highest BCUT2D eigenvalue weighted by molar-refractivity contribution is 8.07. The van der Waals surface area contributed by atoms with Crippen LogP contribution in [0.2, 0.25) is 0 Å². The summed E-state index contributed by atoms with van der Waals surface area (Å²) in [5.74, 6) is 1.14. The molecule has 0 N–H and O–H groups in total. The smallest absolute Gasteiger partial charge is 0.0150 e. The van der Waals surface area contributed by atoms with Gasteiger partial charge in [0.2, 0.25) is 0 Å². The van der Waals surface area contributed by atoms with Crippen LogP contribution in [0.4, 0.5) is 0 Å². The van der Waals surface area contributed by atoms with Crippen molar-refractivity contribution in [1.29, 1.82) is 0 Å². The van der Waals surface area contributed by atoms with Crippen molar-refractivity contribution < 1.29 is 0 Å². The number of hydrogen-bond acceptors (Lipinski definition) is 1. The molecule has 92 valence electrons. The van der Waals surface area contributed by atoms with Gasteiger partial charge < -0.3 is 0 Å². The first-order valence-electron chi connectivity index (χ1n) is 6.12. The van der Waals surface area contributed by atoms with E-state index in [9.17, 15) is 0 Å². The maximum Gasteiger partial charge on any atom is 0.0150 e. The summed E-state index contributed by atoms with van der Waals surface area (Å²) in [4.78, 5) is 2.54. The molecule has 1 unspecified atom stereocenters. The van der Waals surface area contributed by atoms with Gasteiger partial charge in [0.05, 0.1) is 0 Å². The summed E-state index contributed by atoms with van der Waals surface area (Å²) in [6, 6.07) is 0. The average Bonchev–Trinajstić information content (AvgIpc) is 2.30. The molecule has 17 heavy (non-hydrogen) atoms. The van der Waals surface area contributed by atoms with Gasteiger partial charge in [0.25, 0.3) is 0 Å². The summed E-state index contributed by atoms with van der Waals surface area (Å²) in [5, 5.41) is 0. The third-order valence-electron chi connectivity index (χ3n) is 2.79. The minimum absolute atomic E-state index is 0.473. The van der Waals surface area contributed by atoms with Crippen LogP contribution in [-0.2, 0) is 0 Å². The monoisotopic (exact) mass is 246 g/mol. The second kappa shape index (κ2) is 6.70. The van der Waals surface area contributed by atoms with Crippen molar-refractivity contribution in [2.24, 2.45) is 11.8 Å². The van der Waals surface area contributed by atoms with E-state index in [4.69, 9.17) is 0 Å². The van der Waals surface area contributed by atoms with Crippen LogP contribution >= 0.6 is 11.8 Å². The van der Waals surface area contributed by atoms with Gasteiger partial charge in [0.1, 0.15) is 0 Å². The fraction of sp³-hybridized carbons (Fsp3) is 0.375. The molecule has 0 aromatic carbocycles. The summed E-state index contributed by atoms with van der Waals surface area (Å²) in [5.41, 5.74) is 1.18. The topological polar surface area (TPSA) is 0 Å². The quantitative estimate of drug-likeness (QED) is 0.579. The Morgan fingerprint density at radius 3 is 2.71 bits per heavy atom. The van der Waals surface area contributed by atoms with Gasteiger partial charge in [0, 0.05) is 9.81 Å². The van der Waals surface area contributed by atoms with Gasteiger partial charge in [-0.05, 0) is 29.9 Å². The molecule has 1 atom stereocenters. The number of hydrogen-bond donors (Lipinski definition) is 0. The van der Waals surface area contributed by atoms with Crippen molar-refractivity contribution in [3.05, 3.63) is 58.9 Å². The molecule has 1 heteroatoms. The first-order valence-corrected chi connectivity index (χ1v) is 6.94. The summed E-state index contributed by atoms with van der Waals surface area (Å²) >= 11 is 1.79. The highest BCUT2D eigenvalue weighted by Gasteiger charge is 2.11. The van der Waals surface area contributed by atoms with E-state index in [0.717, 1.165) is 6.42 Å². The van der Waals surface area contributed by atoms with Crippen LogP contribution in [0, 0.1) is 11.8 Å². The normalized spacial score (nSPS) is 20.4. The van der Waals surface area contributed by atoms with Gasteiger partial charge in [-0.25, -0.2) is 0 Å². The molecule has 0 amide bonds. The molecule has 0 nitrogen and oxygen atoms in total. The lowest BCUT2D eigenvalue weighted by molar-refractivity contribution is 0.735. The molecule has 1 aliphatic rings. The summed E-state index contributed by atoms with van der Waals surface area (Å²) in [6.45, 7) is 14.5. The molecule has 1 aliphatic carbocycles. The van der Waals surface area contributed by atoms with Gasteiger partial charge in [0.15, 0.2) is 0 Å². The number of allylic oxidation sites excluding steroid dienone is 6. The fourth-order valence-electron chi connectivity index (χ4n) is 1.51. The largest absolute Gasteiger partial charge is 0.0990 e. The van der Waals surface area contributed by atoms with E-state index in [1.165, 1.54) is 15.4 Å². The van der Waals surface area contributed by atoms with E-state index in [-0.39, 0.29) is 0 Å². The zero-order chi connectivity index (χ0) is 12.8. The Bertz CT molecular complexity index is 380. The maximum atomic E-state index is 4.17. The summed E-state index contributed by atoms with van der Waals surface area (Å²) < 4.78 is 0. The van der Waals surface area contributed by atoms with Crippen LogP contribution in [0.3, 0.4) is 0 Å². The third-order valence-corrected chi connectivity index (χ3v) is 3.95. The van der Waals surface area contributed by atoms with E-state index in [1.54, 1.807) is 11.8 Å². The third kappa shape index (κ3) is 4.43. The highest BCUT2D eigenvalue weighted by Crippen LogP contribution is 2.36. The standard InChI is InChI=1S/C16H22S/c1-6-7-16(14(5)12(2)3)17-15-10-8-13(4)9-11-15/h6-8,10-13H,1,5,9H2,2-4H3/b16-7+. The van der Waals surface area contributed by atoms with Crippen molar-refractivity contribution in [3.8, 4) is 0 Å². The van der Waals surface area contributed by atoms with Gasteiger partial charge >= 0.3 is 0 Å². The van der Waals surface area contributed by atoms with E-state index < -0.39 is 0 Å². The Morgan fingerprint density at radius 1 is 1.53 bits per heavy atom. The molecule has 0 saturated carbocycles. The molecule has 0 spiro atoms. The summed E-state index contributed by atoms with van der Waals surface area (Å²) in [7, 11) is 0. The Morgan fingerprint density at radius 2 is 2.24 bits per heavy atom. The van der Waals surface area contributed by atoms with E-state index in [0.29, 0.717) is 11.8 Å². The second-order valence-electron chi connectivity index (χ2n) is 4.73. The number of rotatable bonds is 5. The van der Waals surface area contributed by atoms with E-state index in [1.807, 2.05) is 6.08 Å². The minimum Gasteiger partial charge on any atom is -0.0990 e. The Balaban J connectivity index is 2.76. The maximum absolute atomic E-state index is 4.17. The zero-order valence-corrected chi connectivity index (χ0v) is 11.9. The molecular weight excluding hydrogens is 224 g/mol. The molecule has 1 rings (SSSR count). The molecule has 0 aliphatic heterocycles. The van der Waals surface area contributed by atoms with Crippen molar-refractivity contribution >= 4 is 11.8 Å². The first kappa shape index (κ1) is 14.1. The molecule has 0 heterocycles. The lowest BCUT2D eigenvalue weighted by Gasteiger charge is -2.16. The number of thioether (sulfide) groups is 1. The SMILES string of the molecule is C=C/C=C(/SC1=CCC(C)C=C1)C(=C)C(C)C. The van der Waals surface area contributed by atoms with Crippen LogP contribution < -0.4 is 0 Å². The van der Waals surface area contributed by atoms with Crippen molar-refractivity contribution in [1.82, 2.24) is 0 Å². The van der Waals surface area contributed by atoms with Crippen molar-refractivity contribution in [3.63, 3.8) is 0 Å². The lowest BCUT2D eigenvalue weighted by Crippen LogP contribution is -1.96. The Hall–Kier alpha value is -0.950. The minimum atomic E-state index is 0.473. The van der Waals surface area contributed by atoms with Crippen molar-refractivity contribution in [2.45, 2.75) is 27.2 Å². The molecular formula is C16H22S. The molecule has 0 aromatic heterocycles. The van der Waals surface area contributed by atoms with Crippen LogP contribution in [0.15, 0.2) is 58.9 Å². The van der Waals surface area contributed by atoms with Crippen LogP contribution in [0.1, 0.15) is 27.2 Å². The van der Waals surface area contributed by atoms with Gasteiger partial charge in [-0.15, -0.1) is 0 Å². The van der Waals surface area contributed by atoms with E-state index >= 15 is 0 Å². The highest BCUT2D eigenvalue weighted by atomic mass is 32.2. The van der Waals surface area contributed by atoms with Gasteiger partial charge in [-0.1, -0.05) is 70.0 Å². The van der Waals surface area contributed by atoms with Crippen LogP contribution in [-0.4, -0.2) is 0 Å². The van der Waals surface area contributed by atoms with E-state index in [2.05, 4.69) is 58.2 Å². The molecule has 0 fully saturated rings. The second-order valence-corrected chi connectivity index (χ2v) is 5.84. The van der Waals surface area contributed by atoms with Crippen LogP contribution in [0.5, 0.6) is 0 Å². The van der Waals surface area contributed by atoms with Crippen LogP contribution in [0.25, 0.3) is 0 Å². The van der Waals surface area contributed by atoms with Gasteiger partial charge in [-0.3, -0.25) is 0 Å². The predicted molar refractivity (Wildman–Crippen MR) is 80.9 cm³/mol. The molecule has 0 bridgehead atoms. The predicted octanol–water partition coefficient (Wildman–Crippen LogP) is 5.48. The molecule has 0 aromatic rings. The molecule has 0 radical (unpaired) electrons.